The van der Waals surface area contributed by atoms with Crippen LogP contribution in [-0.4, -0.2) is 19.7 Å². The Morgan fingerprint density at radius 2 is 2.06 bits per heavy atom. The van der Waals surface area contributed by atoms with E-state index in [4.69, 9.17) is 4.42 Å². The molecule has 96 valence electrons. The topological polar surface area (TPSA) is 77.2 Å². The van der Waals surface area contributed by atoms with Gasteiger partial charge in [0.25, 0.3) is 0 Å². The van der Waals surface area contributed by atoms with Crippen molar-refractivity contribution in [2.75, 3.05) is 6.26 Å². The van der Waals surface area contributed by atoms with Crippen LogP contribution in [0.5, 0.6) is 0 Å². The monoisotopic (exact) mass is 267 g/mol. The van der Waals surface area contributed by atoms with Gasteiger partial charge in [-0.2, -0.15) is 4.98 Å². The van der Waals surface area contributed by atoms with Crippen LogP contribution < -0.4 is 5.76 Å². The van der Waals surface area contributed by atoms with Crippen molar-refractivity contribution >= 4 is 20.8 Å². The van der Waals surface area contributed by atoms with E-state index in [9.17, 15) is 13.2 Å². The van der Waals surface area contributed by atoms with E-state index >= 15 is 0 Å². The van der Waals surface area contributed by atoms with E-state index in [1.54, 1.807) is 18.2 Å². The SMILES string of the molecule is CCc1nc(=O)oc2c(CS(C)(=O)=O)cccc12. The summed E-state index contributed by atoms with van der Waals surface area (Å²) in [5.41, 5.74) is 1.43. The van der Waals surface area contributed by atoms with Gasteiger partial charge < -0.3 is 4.42 Å². The summed E-state index contributed by atoms with van der Waals surface area (Å²) in [6.07, 6.45) is 1.73. The molecule has 0 spiro atoms. The zero-order valence-electron chi connectivity index (χ0n) is 10.1. The molecule has 0 amide bonds. The lowest BCUT2D eigenvalue weighted by Gasteiger charge is -2.06. The summed E-state index contributed by atoms with van der Waals surface area (Å²) < 4.78 is 27.7. The van der Waals surface area contributed by atoms with Gasteiger partial charge in [0.15, 0.2) is 9.84 Å². The summed E-state index contributed by atoms with van der Waals surface area (Å²) in [6, 6.07) is 5.16. The standard InChI is InChI=1S/C12H13NO4S/c1-3-10-9-6-4-5-8(7-18(2,15)16)11(9)17-12(14)13-10/h4-6H,3,7H2,1-2H3. The molecule has 6 heteroatoms. The van der Waals surface area contributed by atoms with Crippen molar-refractivity contribution in [2.45, 2.75) is 19.1 Å². The number of para-hydroxylation sites is 1. The number of aromatic nitrogens is 1. The van der Waals surface area contributed by atoms with Crippen molar-refractivity contribution in [1.29, 1.82) is 0 Å². The smallest absolute Gasteiger partial charge is 0.408 e. The second-order valence-corrected chi connectivity index (χ2v) is 6.28. The van der Waals surface area contributed by atoms with Crippen molar-refractivity contribution in [3.05, 3.63) is 40.0 Å². The molecule has 0 saturated carbocycles. The third-order valence-electron chi connectivity index (χ3n) is 2.58. The van der Waals surface area contributed by atoms with Crippen LogP contribution in [0.3, 0.4) is 0 Å². The molecule has 0 aliphatic heterocycles. The zero-order chi connectivity index (χ0) is 13.3. The van der Waals surface area contributed by atoms with Gasteiger partial charge >= 0.3 is 5.76 Å². The van der Waals surface area contributed by atoms with Gasteiger partial charge in [-0.15, -0.1) is 0 Å². The van der Waals surface area contributed by atoms with E-state index in [0.29, 0.717) is 28.6 Å². The molecule has 0 saturated heterocycles. The van der Waals surface area contributed by atoms with Crippen molar-refractivity contribution in [1.82, 2.24) is 4.98 Å². The Bertz CT molecular complexity index is 746. The van der Waals surface area contributed by atoms with E-state index in [1.807, 2.05) is 6.92 Å². The van der Waals surface area contributed by atoms with Crippen LogP contribution in [0.4, 0.5) is 0 Å². The molecule has 1 aromatic carbocycles. The molecule has 0 atom stereocenters. The van der Waals surface area contributed by atoms with Gasteiger partial charge in [-0.05, 0) is 12.5 Å². The molecule has 0 N–H and O–H groups in total. The van der Waals surface area contributed by atoms with Gasteiger partial charge in [-0.1, -0.05) is 19.1 Å². The Kier molecular flexibility index (Phi) is 3.21. The Labute approximate surface area is 104 Å². The van der Waals surface area contributed by atoms with Crippen LogP contribution in [0, 0.1) is 0 Å². The normalized spacial score (nSPS) is 11.9. The largest absolute Gasteiger partial charge is 0.439 e. The van der Waals surface area contributed by atoms with E-state index in [-0.39, 0.29) is 5.75 Å². The summed E-state index contributed by atoms with van der Waals surface area (Å²) in [5, 5.41) is 0.693. The number of nitrogens with zero attached hydrogens (tertiary/aromatic N) is 1. The van der Waals surface area contributed by atoms with Gasteiger partial charge in [0.1, 0.15) is 5.58 Å². The summed E-state index contributed by atoms with van der Waals surface area (Å²) in [7, 11) is -3.18. The highest BCUT2D eigenvalue weighted by Gasteiger charge is 2.13. The number of sulfone groups is 1. The van der Waals surface area contributed by atoms with Crippen LogP contribution in [0.25, 0.3) is 11.0 Å². The van der Waals surface area contributed by atoms with E-state index in [0.717, 1.165) is 6.26 Å². The molecule has 0 radical (unpaired) electrons. The number of hydrogen-bond acceptors (Lipinski definition) is 5. The first-order chi connectivity index (χ1) is 8.40. The highest BCUT2D eigenvalue weighted by atomic mass is 32.2. The molecular formula is C12H13NO4S. The van der Waals surface area contributed by atoms with Crippen molar-refractivity contribution in [3.8, 4) is 0 Å². The second kappa shape index (κ2) is 4.53. The molecule has 1 heterocycles. The van der Waals surface area contributed by atoms with Crippen molar-refractivity contribution < 1.29 is 12.8 Å². The molecular weight excluding hydrogens is 254 g/mol. The number of hydrogen-bond donors (Lipinski definition) is 0. The molecule has 0 aliphatic rings. The highest BCUT2D eigenvalue weighted by molar-refractivity contribution is 7.89. The minimum atomic E-state index is -3.18. The van der Waals surface area contributed by atoms with Crippen LogP contribution >= 0.6 is 0 Å². The van der Waals surface area contributed by atoms with Gasteiger partial charge in [-0.25, -0.2) is 13.2 Å². The summed E-state index contributed by atoms with van der Waals surface area (Å²) in [4.78, 5) is 15.1. The first kappa shape index (κ1) is 12.8. The molecule has 0 aliphatic carbocycles. The zero-order valence-corrected chi connectivity index (χ0v) is 11.0. The lowest BCUT2D eigenvalue weighted by atomic mass is 10.1. The quantitative estimate of drug-likeness (QED) is 0.837. The fraction of sp³-hybridized carbons (Fsp3) is 0.333. The average Bonchev–Trinajstić information content (AvgIpc) is 2.27. The minimum Gasteiger partial charge on any atom is -0.408 e. The van der Waals surface area contributed by atoms with E-state index < -0.39 is 15.6 Å². The highest BCUT2D eigenvalue weighted by Crippen LogP contribution is 2.21. The van der Waals surface area contributed by atoms with E-state index in [2.05, 4.69) is 4.98 Å². The maximum atomic E-state index is 11.4. The third-order valence-corrected chi connectivity index (χ3v) is 3.41. The number of aryl methyl sites for hydroxylation is 1. The van der Waals surface area contributed by atoms with Crippen LogP contribution in [0.1, 0.15) is 18.2 Å². The maximum absolute atomic E-state index is 11.4. The minimum absolute atomic E-state index is 0.152. The lowest BCUT2D eigenvalue weighted by molar-refractivity contribution is 0.524. The lowest BCUT2D eigenvalue weighted by Crippen LogP contribution is -2.09. The summed E-state index contributed by atoms with van der Waals surface area (Å²) in [5.74, 6) is -0.846. The first-order valence-electron chi connectivity index (χ1n) is 5.50. The fourth-order valence-electron chi connectivity index (χ4n) is 1.88. The van der Waals surface area contributed by atoms with Gasteiger partial charge in [0.2, 0.25) is 0 Å². The second-order valence-electron chi connectivity index (χ2n) is 4.14. The first-order valence-corrected chi connectivity index (χ1v) is 7.56. The molecule has 1 aromatic heterocycles. The van der Waals surface area contributed by atoms with Crippen molar-refractivity contribution in [3.63, 3.8) is 0 Å². The van der Waals surface area contributed by atoms with Gasteiger partial charge in [-0.3, -0.25) is 0 Å². The molecule has 18 heavy (non-hydrogen) atoms. The Morgan fingerprint density at radius 1 is 1.33 bits per heavy atom. The number of benzene rings is 1. The fourth-order valence-corrected chi connectivity index (χ4v) is 2.67. The van der Waals surface area contributed by atoms with Gasteiger partial charge in [0.05, 0.1) is 11.4 Å². The van der Waals surface area contributed by atoms with Crippen LogP contribution in [0.15, 0.2) is 27.4 Å². The Balaban J connectivity index is 2.77. The van der Waals surface area contributed by atoms with E-state index in [1.165, 1.54) is 0 Å². The van der Waals surface area contributed by atoms with Crippen molar-refractivity contribution in [2.24, 2.45) is 0 Å². The molecule has 2 rings (SSSR count). The maximum Gasteiger partial charge on any atom is 0.439 e. The average molecular weight is 267 g/mol. The predicted molar refractivity (Wildman–Crippen MR) is 68.2 cm³/mol. The summed E-state index contributed by atoms with van der Waals surface area (Å²) >= 11 is 0. The third kappa shape index (κ3) is 2.59. The summed E-state index contributed by atoms with van der Waals surface area (Å²) in [6.45, 7) is 1.88. The molecule has 0 unspecified atom stereocenters. The molecule has 0 bridgehead atoms. The number of rotatable bonds is 3. The Morgan fingerprint density at radius 3 is 2.67 bits per heavy atom. The van der Waals surface area contributed by atoms with Gasteiger partial charge in [0, 0.05) is 17.2 Å². The molecule has 0 fully saturated rings. The Hall–Kier alpha value is -1.69. The number of fused-ring (bicyclic) bond motifs is 1. The van der Waals surface area contributed by atoms with Crippen LogP contribution in [-0.2, 0) is 22.0 Å². The molecule has 2 aromatic rings. The molecule has 5 nitrogen and oxygen atoms in total. The predicted octanol–water partition coefficient (Wildman–Crippen LogP) is 1.30. The van der Waals surface area contributed by atoms with Crippen LogP contribution in [0.2, 0.25) is 0 Å².